The van der Waals surface area contributed by atoms with Crippen molar-refractivity contribution in [1.29, 1.82) is 0 Å². The number of carbonyl (C=O) groups excluding carboxylic acids is 2. The molecule has 2 heterocycles. The van der Waals surface area contributed by atoms with E-state index in [9.17, 15) is 9.59 Å². The van der Waals surface area contributed by atoms with E-state index in [4.69, 9.17) is 4.74 Å². The Morgan fingerprint density at radius 1 is 1.40 bits per heavy atom. The summed E-state index contributed by atoms with van der Waals surface area (Å²) < 4.78 is 5.37. The summed E-state index contributed by atoms with van der Waals surface area (Å²) in [6, 6.07) is 9.78. The normalized spacial score (nSPS) is 17.0. The maximum Gasteiger partial charge on any atom is 0.227 e. The van der Waals surface area contributed by atoms with Gasteiger partial charge in [-0.3, -0.25) is 9.59 Å². The van der Waals surface area contributed by atoms with E-state index in [-0.39, 0.29) is 24.2 Å². The van der Waals surface area contributed by atoms with E-state index in [1.807, 2.05) is 36.6 Å². The molecule has 1 atom stereocenters. The van der Waals surface area contributed by atoms with Gasteiger partial charge in [0, 0.05) is 24.4 Å². The van der Waals surface area contributed by atoms with Crippen LogP contribution in [0.15, 0.2) is 35.7 Å². The maximum atomic E-state index is 12.4. The fourth-order valence-corrected chi connectivity index (χ4v) is 3.74. The van der Waals surface area contributed by atoms with Crippen LogP contribution in [0.2, 0.25) is 0 Å². The number of anilines is 1. The molecule has 1 N–H and O–H groups in total. The smallest absolute Gasteiger partial charge is 0.227 e. The molecule has 1 aliphatic rings. The number of nitrogens with zero attached hydrogens (tertiary/aromatic N) is 1. The number of amides is 2. The van der Waals surface area contributed by atoms with Gasteiger partial charge in [0.15, 0.2) is 0 Å². The third-order valence-corrected chi connectivity index (χ3v) is 5.31. The lowest BCUT2D eigenvalue weighted by atomic mass is 10.1. The maximum absolute atomic E-state index is 12.4. The van der Waals surface area contributed by atoms with Crippen molar-refractivity contribution in [3.63, 3.8) is 0 Å². The van der Waals surface area contributed by atoms with Crippen LogP contribution in [0.25, 0.3) is 0 Å². The number of rotatable bonds is 6. The van der Waals surface area contributed by atoms with E-state index in [2.05, 4.69) is 11.4 Å². The Hall–Kier alpha value is -2.34. The van der Waals surface area contributed by atoms with Crippen molar-refractivity contribution in [3.05, 3.63) is 46.2 Å². The summed E-state index contributed by atoms with van der Waals surface area (Å²) in [5, 5.41) is 4.98. The second kappa shape index (κ2) is 7.70. The van der Waals surface area contributed by atoms with E-state index in [1.54, 1.807) is 23.3 Å². The number of carbonyl (C=O) groups is 2. The van der Waals surface area contributed by atoms with Crippen molar-refractivity contribution in [2.45, 2.75) is 19.8 Å². The summed E-state index contributed by atoms with van der Waals surface area (Å²) in [4.78, 5) is 27.7. The first-order chi connectivity index (χ1) is 12.1. The molecule has 1 aliphatic heterocycles. The molecule has 0 aliphatic carbocycles. The predicted octanol–water partition coefficient (Wildman–Crippen LogP) is 2.78. The van der Waals surface area contributed by atoms with Crippen LogP contribution in [-0.4, -0.2) is 32.0 Å². The SMILES string of the molecule is COc1ccc(C)cc1N1CC(C(=O)NCCc2cccs2)CC1=O. The van der Waals surface area contributed by atoms with Crippen molar-refractivity contribution in [2.24, 2.45) is 5.92 Å². The van der Waals surface area contributed by atoms with Crippen LogP contribution >= 0.6 is 11.3 Å². The number of hydrogen-bond acceptors (Lipinski definition) is 4. The number of aryl methyl sites for hydroxylation is 1. The lowest BCUT2D eigenvalue weighted by molar-refractivity contribution is -0.126. The van der Waals surface area contributed by atoms with E-state index in [0.29, 0.717) is 18.8 Å². The molecule has 0 radical (unpaired) electrons. The lowest BCUT2D eigenvalue weighted by Gasteiger charge is -2.20. The second-order valence-corrected chi connectivity index (χ2v) is 7.23. The molecule has 6 heteroatoms. The van der Waals surface area contributed by atoms with E-state index < -0.39 is 0 Å². The molecule has 0 bridgehead atoms. The zero-order chi connectivity index (χ0) is 17.8. The van der Waals surface area contributed by atoms with Gasteiger partial charge in [-0.2, -0.15) is 0 Å². The average molecular weight is 358 g/mol. The van der Waals surface area contributed by atoms with Gasteiger partial charge >= 0.3 is 0 Å². The minimum absolute atomic E-state index is 0.0395. The van der Waals surface area contributed by atoms with Gasteiger partial charge in [0.05, 0.1) is 18.7 Å². The standard InChI is InChI=1S/C19H22N2O3S/c1-13-5-6-17(24-2)16(10-13)21-12-14(11-18(21)22)19(23)20-8-7-15-4-3-9-25-15/h3-6,9-10,14H,7-8,11-12H2,1-2H3,(H,20,23). The highest BCUT2D eigenvalue weighted by molar-refractivity contribution is 7.09. The Labute approximate surface area is 151 Å². The summed E-state index contributed by atoms with van der Waals surface area (Å²) in [5.41, 5.74) is 1.79. The zero-order valence-corrected chi connectivity index (χ0v) is 15.3. The molecular formula is C19H22N2O3S. The Morgan fingerprint density at radius 2 is 2.24 bits per heavy atom. The minimum atomic E-state index is -0.318. The van der Waals surface area contributed by atoms with Gasteiger partial charge in [-0.05, 0) is 42.5 Å². The number of nitrogens with one attached hydrogen (secondary N) is 1. The van der Waals surface area contributed by atoms with Gasteiger partial charge in [0.2, 0.25) is 11.8 Å². The Morgan fingerprint density at radius 3 is 2.96 bits per heavy atom. The predicted molar refractivity (Wildman–Crippen MR) is 99.2 cm³/mol. The lowest BCUT2D eigenvalue weighted by Crippen LogP contribution is -2.34. The van der Waals surface area contributed by atoms with Crippen LogP contribution in [-0.2, 0) is 16.0 Å². The molecule has 25 heavy (non-hydrogen) atoms. The summed E-state index contributed by atoms with van der Waals surface area (Å²) in [6.45, 7) is 2.96. The molecule has 1 aromatic heterocycles. The van der Waals surface area contributed by atoms with Crippen LogP contribution in [0, 0.1) is 12.8 Å². The van der Waals surface area contributed by atoms with Crippen LogP contribution in [0.4, 0.5) is 5.69 Å². The molecule has 3 rings (SSSR count). The van der Waals surface area contributed by atoms with Crippen molar-refractivity contribution in [2.75, 3.05) is 25.1 Å². The highest BCUT2D eigenvalue weighted by Crippen LogP contribution is 2.33. The van der Waals surface area contributed by atoms with Gasteiger partial charge in [-0.15, -0.1) is 11.3 Å². The molecule has 1 unspecified atom stereocenters. The summed E-state index contributed by atoms with van der Waals surface area (Å²) in [7, 11) is 1.59. The van der Waals surface area contributed by atoms with Crippen LogP contribution in [0.5, 0.6) is 5.75 Å². The molecule has 1 saturated heterocycles. The van der Waals surface area contributed by atoms with Crippen LogP contribution < -0.4 is 15.0 Å². The molecule has 2 aromatic rings. The van der Waals surface area contributed by atoms with E-state index >= 15 is 0 Å². The molecule has 1 fully saturated rings. The first kappa shape index (κ1) is 17.5. The van der Waals surface area contributed by atoms with Crippen molar-refractivity contribution >= 4 is 28.8 Å². The number of thiophene rings is 1. The molecule has 0 saturated carbocycles. The topological polar surface area (TPSA) is 58.6 Å². The quantitative estimate of drug-likeness (QED) is 0.864. The molecular weight excluding hydrogens is 336 g/mol. The van der Waals surface area contributed by atoms with Crippen LogP contribution in [0.1, 0.15) is 16.9 Å². The van der Waals surface area contributed by atoms with Gasteiger partial charge in [0.25, 0.3) is 0 Å². The summed E-state index contributed by atoms with van der Waals surface area (Å²) in [6.07, 6.45) is 1.06. The average Bonchev–Trinajstić information content (AvgIpc) is 3.24. The van der Waals surface area contributed by atoms with Gasteiger partial charge in [-0.1, -0.05) is 12.1 Å². The summed E-state index contributed by atoms with van der Waals surface area (Å²) in [5.74, 6) is 0.236. The molecule has 132 valence electrons. The number of benzene rings is 1. The largest absolute Gasteiger partial charge is 0.495 e. The third kappa shape index (κ3) is 4.02. The Kier molecular flexibility index (Phi) is 5.38. The first-order valence-corrected chi connectivity index (χ1v) is 9.21. The number of methoxy groups -OCH3 is 1. The Bertz CT molecular complexity index is 758. The van der Waals surface area contributed by atoms with Gasteiger partial charge in [-0.25, -0.2) is 0 Å². The molecule has 1 aromatic carbocycles. The second-order valence-electron chi connectivity index (χ2n) is 6.20. The zero-order valence-electron chi connectivity index (χ0n) is 14.5. The molecule has 2 amide bonds. The first-order valence-electron chi connectivity index (χ1n) is 8.33. The third-order valence-electron chi connectivity index (χ3n) is 4.37. The van der Waals surface area contributed by atoms with Crippen molar-refractivity contribution in [3.8, 4) is 5.75 Å². The molecule has 0 spiro atoms. The van der Waals surface area contributed by atoms with Crippen LogP contribution in [0.3, 0.4) is 0 Å². The fraction of sp³-hybridized carbons (Fsp3) is 0.368. The monoisotopic (exact) mass is 358 g/mol. The summed E-state index contributed by atoms with van der Waals surface area (Å²) >= 11 is 1.68. The Balaban J connectivity index is 1.62. The number of hydrogen-bond donors (Lipinski definition) is 1. The van der Waals surface area contributed by atoms with Crippen molar-refractivity contribution in [1.82, 2.24) is 5.32 Å². The minimum Gasteiger partial charge on any atom is -0.495 e. The highest BCUT2D eigenvalue weighted by atomic mass is 32.1. The van der Waals surface area contributed by atoms with Gasteiger partial charge < -0.3 is 15.0 Å². The van der Waals surface area contributed by atoms with Crippen molar-refractivity contribution < 1.29 is 14.3 Å². The molecule has 5 nitrogen and oxygen atoms in total. The van der Waals surface area contributed by atoms with E-state index in [1.165, 1.54) is 4.88 Å². The number of ether oxygens (including phenoxy) is 1. The highest BCUT2D eigenvalue weighted by Gasteiger charge is 2.36. The van der Waals surface area contributed by atoms with Gasteiger partial charge in [0.1, 0.15) is 5.75 Å². The fourth-order valence-electron chi connectivity index (χ4n) is 3.04. The van der Waals surface area contributed by atoms with E-state index in [0.717, 1.165) is 17.7 Å².